The number of nitrogens with zero attached hydrogens (tertiary/aromatic N) is 7. The average Bonchev–Trinajstić information content (AvgIpc) is 3.80. The smallest absolute Gasteiger partial charge is 0.414 e. The van der Waals surface area contributed by atoms with Gasteiger partial charge in [0.05, 0.1) is 37.8 Å². The summed E-state index contributed by atoms with van der Waals surface area (Å²) in [5.74, 6) is -0.866. The number of hydrogen-bond donors (Lipinski definition) is 0. The van der Waals surface area contributed by atoms with Crippen molar-refractivity contribution in [1.29, 1.82) is 0 Å². The molecule has 14 nitrogen and oxygen atoms in total. The number of cyclic esters (lactones) is 1. The van der Waals surface area contributed by atoms with E-state index in [1.165, 1.54) is 29.2 Å². The van der Waals surface area contributed by atoms with Crippen LogP contribution in [0.4, 0.5) is 19.7 Å². The van der Waals surface area contributed by atoms with Gasteiger partial charge in [0.2, 0.25) is 0 Å². The van der Waals surface area contributed by atoms with Crippen molar-refractivity contribution in [3.63, 3.8) is 0 Å². The van der Waals surface area contributed by atoms with Crippen LogP contribution in [0, 0.1) is 5.82 Å². The van der Waals surface area contributed by atoms with Crippen molar-refractivity contribution in [2.75, 3.05) is 38.8 Å². The molecule has 2 aliphatic heterocycles. The van der Waals surface area contributed by atoms with Gasteiger partial charge in [-0.1, -0.05) is 16.4 Å². The number of oxime groups is 1. The number of methoxy groups -OCH3 is 1. The van der Waals surface area contributed by atoms with E-state index in [1.54, 1.807) is 48.4 Å². The monoisotopic (exact) mass is 609 g/mol. The number of hydrogen-bond acceptors (Lipinski definition) is 11. The molecule has 0 N–H and O–H groups in total. The Morgan fingerprint density at radius 2 is 2.05 bits per heavy atom. The van der Waals surface area contributed by atoms with Crippen molar-refractivity contribution < 1.29 is 37.8 Å². The van der Waals surface area contributed by atoms with Gasteiger partial charge in [-0.3, -0.25) is 14.7 Å². The van der Waals surface area contributed by atoms with Gasteiger partial charge in [0.25, 0.3) is 0 Å². The van der Waals surface area contributed by atoms with Crippen LogP contribution in [0.25, 0.3) is 11.1 Å². The Balaban J connectivity index is 1.08. The molecule has 232 valence electrons. The first-order valence-corrected chi connectivity index (χ1v) is 14.1. The molecule has 2 aromatic heterocycles. The Bertz CT molecular complexity index is 1500. The van der Waals surface area contributed by atoms with Crippen molar-refractivity contribution in [3.8, 4) is 11.1 Å². The molecule has 2 aliphatic rings. The predicted octanol–water partition coefficient (Wildman–Crippen LogP) is 3.41. The fourth-order valence-electron chi connectivity index (χ4n) is 4.79. The highest BCUT2D eigenvalue weighted by Gasteiger charge is 2.33. The van der Waals surface area contributed by atoms with Crippen LogP contribution in [-0.4, -0.2) is 94.8 Å². The fraction of sp³-hybridized carbons (Fsp3) is 0.414. The van der Waals surface area contributed by atoms with Crippen LogP contribution in [0.5, 0.6) is 0 Å². The van der Waals surface area contributed by atoms with Crippen molar-refractivity contribution >= 4 is 29.6 Å². The van der Waals surface area contributed by atoms with Crippen molar-refractivity contribution in [2.24, 2.45) is 5.16 Å². The number of benzene rings is 1. The van der Waals surface area contributed by atoms with Gasteiger partial charge in [-0.25, -0.2) is 18.7 Å². The number of carbonyl (C=O) groups excluding carboxylic acids is 3. The number of esters is 1. The molecule has 1 aromatic carbocycles. The van der Waals surface area contributed by atoms with Crippen LogP contribution in [0.1, 0.15) is 31.4 Å². The van der Waals surface area contributed by atoms with E-state index in [1.807, 2.05) is 0 Å². The first kappa shape index (κ1) is 30.4. The van der Waals surface area contributed by atoms with E-state index in [-0.39, 0.29) is 25.5 Å². The van der Waals surface area contributed by atoms with E-state index in [0.717, 1.165) is 0 Å². The van der Waals surface area contributed by atoms with E-state index in [0.29, 0.717) is 60.6 Å². The molecule has 44 heavy (non-hydrogen) atoms. The zero-order valence-electron chi connectivity index (χ0n) is 24.3. The van der Waals surface area contributed by atoms with Gasteiger partial charge >= 0.3 is 18.2 Å². The van der Waals surface area contributed by atoms with Gasteiger partial charge in [0, 0.05) is 50.0 Å². The van der Waals surface area contributed by atoms with Crippen LogP contribution >= 0.6 is 0 Å². The lowest BCUT2D eigenvalue weighted by Crippen LogP contribution is -2.27. The number of anilines is 1. The first-order chi connectivity index (χ1) is 21.3. The molecule has 0 bridgehead atoms. The minimum Gasteiger partial charge on any atom is -0.462 e. The second kappa shape index (κ2) is 13.9. The van der Waals surface area contributed by atoms with Gasteiger partial charge in [-0.2, -0.15) is 0 Å². The molecular formula is C29H32FN7O7. The quantitative estimate of drug-likeness (QED) is 0.170. The van der Waals surface area contributed by atoms with Crippen molar-refractivity contribution in [2.45, 2.75) is 44.4 Å². The molecule has 0 radical (unpaired) electrons. The van der Waals surface area contributed by atoms with E-state index in [2.05, 4.69) is 25.2 Å². The molecule has 2 amide bonds. The van der Waals surface area contributed by atoms with Crippen molar-refractivity contribution in [3.05, 3.63) is 60.4 Å². The van der Waals surface area contributed by atoms with E-state index < -0.39 is 30.2 Å². The minimum absolute atomic E-state index is 0.0509. The highest BCUT2D eigenvalue weighted by atomic mass is 19.1. The predicted molar refractivity (Wildman–Crippen MR) is 153 cm³/mol. The molecule has 15 heteroatoms. The molecule has 0 saturated carbocycles. The number of halogens is 1. The van der Waals surface area contributed by atoms with Crippen LogP contribution < -0.4 is 4.90 Å². The summed E-state index contributed by atoms with van der Waals surface area (Å²) in [6.45, 7) is 1.14. The molecule has 0 aliphatic carbocycles. The van der Waals surface area contributed by atoms with Gasteiger partial charge < -0.3 is 23.9 Å². The maximum atomic E-state index is 15.2. The summed E-state index contributed by atoms with van der Waals surface area (Å²) in [7, 11) is 2.95. The molecule has 5 rings (SSSR count). The average molecular weight is 610 g/mol. The third-order valence-electron chi connectivity index (χ3n) is 7.15. The molecule has 0 unspecified atom stereocenters. The lowest BCUT2D eigenvalue weighted by Gasteiger charge is -2.14. The third kappa shape index (κ3) is 7.46. The number of amides is 2. The van der Waals surface area contributed by atoms with Crippen LogP contribution in [0.2, 0.25) is 0 Å². The summed E-state index contributed by atoms with van der Waals surface area (Å²) in [5, 5.41) is 11.7. The van der Waals surface area contributed by atoms with Crippen LogP contribution in [0.3, 0.4) is 0 Å². The van der Waals surface area contributed by atoms with Crippen LogP contribution in [-0.2, 0) is 30.4 Å². The lowest BCUT2D eigenvalue weighted by molar-refractivity contribution is -0.147. The number of unbranched alkanes of at least 4 members (excludes halogenated alkanes) is 1. The van der Waals surface area contributed by atoms with Gasteiger partial charge in [0.15, 0.2) is 6.10 Å². The van der Waals surface area contributed by atoms with Crippen molar-refractivity contribution in [1.82, 2.24) is 24.9 Å². The Hall–Kier alpha value is -5.08. The van der Waals surface area contributed by atoms with Gasteiger partial charge in [-0.05, 0) is 37.1 Å². The number of carbonyl (C=O) groups is 3. The number of aromatic nitrogens is 4. The summed E-state index contributed by atoms with van der Waals surface area (Å²) >= 11 is 0. The second-order valence-corrected chi connectivity index (χ2v) is 10.3. The molecule has 1 saturated heterocycles. The largest absolute Gasteiger partial charge is 0.462 e. The zero-order chi connectivity index (χ0) is 31.1. The first-order valence-electron chi connectivity index (χ1n) is 14.1. The highest BCUT2D eigenvalue weighted by molar-refractivity contribution is 5.99. The molecule has 1 fully saturated rings. The molecular weight excluding hydrogens is 577 g/mol. The van der Waals surface area contributed by atoms with Gasteiger partial charge in [0.1, 0.15) is 24.2 Å². The normalized spacial score (nSPS) is 17.6. The van der Waals surface area contributed by atoms with E-state index >= 15 is 4.39 Å². The summed E-state index contributed by atoms with van der Waals surface area (Å²) in [5.41, 5.74) is 2.41. The number of ether oxygens (including phenoxy) is 3. The van der Waals surface area contributed by atoms with E-state index in [4.69, 9.17) is 14.3 Å². The Labute approximate surface area is 252 Å². The Morgan fingerprint density at radius 3 is 2.77 bits per heavy atom. The summed E-state index contributed by atoms with van der Waals surface area (Å²) in [4.78, 5) is 48.5. The number of pyridine rings is 1. The highest BCUT2D eigenvalue weighted by Crippen LogP contribution is 2.29. The summed E-state index contributed by atoms with van der Waals surface area (Å²) in [6, 6.07) is 8.00. The topological polar surface area (TPSA) is 151 Å². The fourth-order valence-corrected chi connectivity index (χ4v) is 4.79. The molecule has 4 heterocycles. The molecule has 0 spiro atoms. The Morgan fingerprint density at radius 1 is 1.18 bits per heavy atom. The number of rotatable bonds is 12. The summed E-state index contributed by atoms with van der Waals surface area (Å²) < 4.78 is 32.1. The second-order valence-electron chi connectivity index (χ2n) is 10.3. The van der Waals surface area contributed by atoms with Crippen LogP contribution in [0.15, 0.2) is 54.1 Å². The Kier molecular flexibility index (Phi) is 9.62. The SMILES string of the molecule is COC(=O)N(C)CCCCC(=O)OC[C@@H]1CC(c2ccc(-c3ccc(N4C[C@H](Cn5ccnn5)OC4=O)cc3F)cn2)=NO1. The van der Waals surface area contributed by atoms with E-state index in [9.17, 15) is 14.4 Å². The third-order valence-corrected chi connectivity index (χ3v) is 7.15. The van der Waals surface area contributed by atoms with Gasteiger partial charge in [-0.15, -0.1) is 5.10 Å². The lowest BCUT2D eigenvalue weighted by atomic mass is 10.0. The standard InChI is InChI=1S/C29H32FN7O7/c1-35(28(39)41-2)11-4-3-5-27(38)42-18-21-14-26(33-44-21)25-9-6-19(15-31-25)23-8-7-20(13-24(23)30)37-17-22(43-29(37)40)16-36-12-10-32-34-36/h6-10,12-13,15,21-22H,3-5,11,14,16-18H2,1-2H3/t21-,22-/m0/s1. The molecule has 2 atom stereocenters. The zero-order valence-corrected chi connectivity index (χ0v) is 24.3. The maximum absolute atomic E-state index is 15.2. The maximum Gasteiger partial charge on any atom is 0.414 e. The molecule has 3 aromatic rings. The summed E-state index contributed by atoms with van der Waals surface area (Å²) in [6.07, 6.45) is 4.75. The minimum atomic E-state index is -0.554.